The molecule has 7 heteroatoms. The van der Waals surface area contributed by atoms with Crippen molar-refractivity contribution in [1.82, 2.24) is 19.2 Å². The number of aromatic nitrogens is 2. The van der Waals surface area contributed by atoms with E-state index < -0.39 is 0 Å². The number of fused-ring (bicyclic) bond motifs is 1. The predicted octanol–water partition coefficient (Wildman–Crippen LogP) is 2.71. The first-order valence-corrected chi connectivity index (χ1v) is 10.9. The molecular formula is C24H27FN4O2. The largest absolute Gasteiger partial charge is 0.379 e. The SMILES string of the molecule is O=C(CN1CCOCC1)N1CCC(c2ccccc2)(c2cn3cc(F)ccc3n2)CC1. The van der Waals surface area contributed by atoms with Crippen molar-refractivity contribution in [2.24, 2.45) is 0 Å². The summed E-state index contributed by atoms with van der Waals surface area (Å²) in [7, 11) is 0. The van der Waals surface area contributed by atoms with Crippen LogP contribution < -0.4 is 0 Å². The third-order valence-electron chi connectivity index (χ3n) is 6.66. The first-order chi connectivity index (χ1) is 15.1. The number of pyridine rings is 1. The van der Waals surface area contributed by atoms with Crippen LogP contribution in [-0.4, -0.2) is 71.0 Å². The third-order valence-corrected chi connectivity index (χ3v) is 6.66. The normalized spacial score (nSPS) is 19.6. The fourth-order valence-electron chi connectivity index (χ4n) is 4.83. The second kappa shape index (κ2) is 8.40. The number of piperidine rings is 1. The number of benzene rings is 1. The molecule has 0 saturated carbocycles. The highest BCUT2D eigenvalue weighted by Crippen LogP contribution is 2.41. The Hall–Kier alpha value is -2.77. The summed E-state index contributed by atoms with van der Waals surface area (Å²) in [5.74, 6) is -0.102. The Morgan fingerprint density at radius 1 is 1.00 bits per heavy atom. The molecule has 2 aliphatic heterocycles. The van der Waals surface area contributed by atoms with Gasteiger partial charge in [-0.25, -0.2) is 9.37 Å². The number of amides is 1. The van der Waals surface area contributed by atoms with Crippen LogP contribution in [-0.2, 0) is 14.9 Å². The van der Waals surface area contributed by atoms with Crippen molar-refractivity contribution in [2.45, 2.75) is 18.3 Å². The number of imidazole rings is 1. The van der Waals surface area contributed by atoms with Gasteiger partial charge in [0, 0.05) is 44.0 Å². The summed E-state index contributed by atoms with van der Waals surface area (Å²) >= 11 is 0. The van der Waals surface area contributed by atoms with E-state index in [1.54, 1.807) is 10.5 Å². The number of ether oxygens (including phenoxy) is 1. The van der Waals surface area contributed by atoms with Crippen LogP contribution in [0.4, 0.5) is 4.39 Å². The number of morpholine rings is 1. The van der Waals surface area contributed by atoms with Crippen molar-refractivity contribution < 1.29 is 13.9 Å². The van der Waals surface area contributed by atoms with Crippen LogP contribution >= 0.6 is 0 Å². The molecule has 1 amide bonds. The summed E-state index contributed by atoms with van der Waals surface area (Å²) in [5.41, 5.74) is 2.57. The van der Waals surface area contributed by atoms with E-state index >= 15 is 0 Å². The number of rotatable bonds is 4. The maximum atomic E-state index is 13.7. The van der Waals surface area contributed by atoms with Crippen LogP contribution in [0.15, 0.2) is 54.9 Å². The molecule has 0 radical (unpaired) electrons. The molecule has 0 unspecified atom stereocenters. The van der Waals surface area contributed by atoms with Crippen molar-refractivity contribution in [3.05, 3.63) is 71.9 Å². The van der Waals surface area contributed by atoms with Crippen molar-refractivity contribution in [3.8, 4) is 0 Å². The van der Waals surface area contributed by atoms with E-state index in [1.165, 1.54) is 17.8 Å². The van der Waals surface area contributed by atoms with E-state index in [0.29, 0.717) is 32.8 Å². The molecule has 5 rings (SSSR count). The van der Waals surface area contributed by atoms with Gasteiger partial charge in [-0.2, -0.15) is 0 Å². The number of hydrogen-bond acceptors (Lipinski definition) is 4. The number of halogens is 1. The zero-order valence-corrected chi connectivity index (χ0v) is 17.5. The highest BCUT2D eigenvalue weighted by Gasteiger charge is 2.41. The van der Waals surface area contributed by atoms with Crippen LogP contribution in [0.25, 0.3) is 5.65 Å². The number of likely N-dealkylation sites (tertiary alicyclic amines) is 1. The van der Waals surface area contributed by atoms with Gasteiger partial charge in [0.25, 0.3) is 0 Å². The quantitative estimate of drug-likeness (QED) is 0.649. The molecule has 0 spiro atoms. The van der Waals surface area contributed by atoms with E-state index in [4.69, 9.17) is 9.72 Å². The molecule has 31 heavy (non-hydrogen) atoms. The van der Waals surface area contributed by atoms with E-state index in [0.717, 1.165) is 37.3 Å². The maximum Gasteiger partial charge on any atom is 0.236 e. The number of carbonyl (C=O) groups is 1. The molecule has 0 N–H and O–H groups in total. The Labute approximate surface area is 181 Å². The van der Waals surface area contributed by atoms with Crippen LogP contribution in [0.5, 0.6) is 0 Å². The molecule has 162 valence electrons. The molecule has 0 atom stereocenters. The lowest BCUT2D eigenvalue weighted by Gasteiger charge is -2.42. The monoisotopic (exact) mass is 422 g/mol. The highest BCUT2D eigenvalue weighted by atomic mass is 19.1. The molecule has 2 aliphatic rings. The molecule has 2 aromatic heterocycles. The number of carbonyl (C=O) groups excluding carboxylic acids is 1. The van der Waals surface area contributed by atoms with E-state index in [9.17, 15) is 9.18 Å². The standard InChI is InChI=1S/C24H27FN4O2/c25-20-6-7-22-26-21(17-29(22)16-20)24(19-4-2-1-3-5-19)8-10-28(11-9-24)23(30)18-27-12-14-31-15-13-27/h1-7,16-17H,8-15,18H2. The zero-order valence-electron chi connectivity index (χ0n) is 17.5. The van der Waals surface area contributed by atoms with Crippen molar-refractivity contribution in [2.75, 3.05) is 45.9 Å². The second-order valence-corrected chi connectivity index (χ2v) is 8.46. The maximum absolute atomic E-state index is 13.7. The minimum absolute atomic E-state index is 0.181. The summed E-state index contributed by atoms with van der Waals surface area (Å²) in [6, 6.07) is 13.5. The smallest absolute Gasteiger partial charge is 0.236 e. The molecule has 2 saturated heterocycles. The Bertz CT molecular complexity index is 1050. The molecule has 4 heterocycles. The summed E-state index contributed by atoms with van der Waals surface area (Å²) < 4.78 is 20.9. The van der Waals surface area contributed by atoms with Gasteiger partial charge in [-0.1, -0.05) is 30.3 Å². The molecule has 2 fully saturated rings. The Morgan fingerprint density at radius 3 is 2.48 bits per heavy atom. The van der Waals surface area contributed by atoms with Gasteiger partial charge in [0.15, 0.2) is 0 Å². The minimum atomic E-state index is -0.292. The first kappa shape index (κ1) is 20.2. The van der Waals surface area contributed by atoms with Crippen LogP contribution in [0.2, 0.25) is 0 Å². The van der Waals surface area contributed by atoms with Crippen LogP contribution in [0.1, 0.15) is 24.1 Å². The van der Waals surface area contributed by atoms with Crippen molar-refractivity contribution in [1.29, 1.82) is 0 Å². The lowest BCUT2D eigenvalue weighted by molar-refractivity contribution is -0.134. The molecule has 6 nitrogen and oxygen atoms in total. The topological polar surface area (TPSA) is 50.1 Å². The van der Waals surface area contributed by atoms with E-state index in [-0.39, 0.29) is 17.1 Å². The van der Waals surface area contributed by atoms with Crippen LogP contribution in [0, 0.1) is 5.82 Å². The van der Waals surface area contributed by atoms with E-state index in [1.807, 2.05) is 29.3 Å². The zero-order chi connectivity index (χ0) is 21.3. The fraction of sp³-hybridized carbons (Fsp3) is 0.417. The van der Waals surface area contributed by atoms with Gasteiger partial charge in [-0.05, 0) is 30.5 Å². The molecule has 0 aliphatic carbocycles. The molecule has 3 aromatic rings. The van der Waals surface area contributed by atoms with Gasteiger partial charge in [0.05, 0.1) is 25.5 Å². The predicted molar refractivity (Wildman–Crippen MR) is 115 cm³/mol. The Kier molecular flexibility index (Phi) is 5.46. The van der Waals surface area contributed by atoms with Gasteiger partial charge >= 0.3 is 0 Å². The summed E-state index contributed by atoms with van der Waals surface area (Å²) in [5, 5.41) is 0. The van der Waals surface area contributed by atoms with Gasteiger partial charge in [0.1, 0.15) is 11.5 Å². The van der Waals surface area contributed by atoms with E-state index in [2.05, 4.69) is 17.0 Å². The first-order valence-electron chi connectivity index (χ1n) is 10.9. The van der Waals surface area contributed by atoms with Gasteiger partial charge in [-0.3, -0.25) is 9.69 Å². The lowest BCUT2D eigenvalue weighted by atomic mass is 9.70. The third kappa shape index (κ3) is 3.95. The fourth-order valence-corrected chi connectivity index (χ4v) is 4.83. The average molecular weight is 423 g/mol. The Balaban J connectivity index is 1.40. The van der Waals surface area contributed by atoms with Gasteiger partial charge < -0.3 is 14.0 Å². The van der Waals surface area contributed by atoms with Crippen molar-refractivity contribution >= 4 is 11.6 Å². The van der Waals surface area contributed by atoms with Gasteiger partial charge in [-0.15, -0.1) is 0 Å². The highest BCUT2D eigenvalue weighted by molar-refractivity contribution is 5.78. The Morgan fingerprint density at radius 2 is 1.74 bits per heavy atom. The summed E-state index contributed by atoms with van der Waals surface area (Å²) in [4.78, 5) is 21.9. The molecule has 0 bridgehead atoms. The number of hydrogen-bond donors (Lipinski definition) is 0. The average Bonchev–Trinajstić information content (AvgIpc) is 3.24. The number of nitrogens with zero attached hydrogens (tertiary/aromatic N) is 4. The summed E-state index contributed by atoms with van der Waals surface area (Å²) in [6.45, 7) is 4.82. The molecule has 1 aromatic carbocycles. The van der Waals surface area contributed by atoms with Crippen molar-refractivity contribution in [3.63, 3.8) is 0 Å². The van der Waals surface area contributed by atoms with Gasteiger partial charge in [0.2, 0.25) is 5.91 Å². The lowest BCUT2D eigenvalue weighted by Crippen LogP contribution is -2.50. The summed E-state index contributed by atoms with van der Waals surface area (Å²) in [6.07, 6.45) is 4.98. The van der Waals surface area contributed by atoms with Crippen LogP contribution in [0.3, 0.4) is 0 Å². The minimum Gasteiger partial charge on any atom is -0.379 e. The second-order valence-electron chi connectivity index (χ2n) is 8.46. The molecular weight excluding hydrogens is 395 g/mol.